The molecule has 0 bridgehead atoms. The maximum atomic E-state index is 14.2. The highest BCUT2D eigenvalue weighted by Crippen LogP contribution is 2.22. The third-order valence-corrected chi connectivity index (χ3v) is 5.07. The second kappa shape index (κ2) is 10.7. The number of amides is 1. The smallest absolute Gasteiger partial charge is 0.243 e. The molecule has 1 aromatic carbocycles. The van der Waals surface area contributed by atoms with Crippen molar-refractivity contribution in [1.82, 2.24) is 15.5 Å². The SMILES string of the molecule is CN(C)C(=O)CN=C(NCCc1ccco1)NC1CCCN(c2ccccc2F)C1. The van der Waals surface area contributed by atoms with Crippen molar-refractivity contribution in [2.45, 2.75) is 25.3 Å². The number of halogens is 1. The molecule has 1 atom stereocenters. The van der Waals surface area contributed by atoms with E-state index in [9.17, 15) is 9.18 Å². The summed E-state index contributed by atoms with van der Waals surface area (Å²) < 4.78 is 19.6. The summed E-state index contributed by atoms with van der Waals surface area (Å²) in [6.45, 7) is 2.17. The number of carbonyl (C=O) groups is 1. The van der Waals surface area contributed by atoms with Crippen LogP contribution in [0.15, 0.2) is 52.1 Å². The monoisotopic (exact) mass is 415 g/mol. The number of nitrogens with one attached hydrogen (secondary N) is 2. The number of rotatable bonds is 7. The molecular formula is C22H30FN5O2. The van der Waals surface area contributed by atoms with Crippen LogP contribution >= 0.6 is 0 Å². The van der Waals surface area contributed by atoms with E-state index in [4.69, 9.17) is 4.42 Å². The van der Waals surface area contributed by atoms with Gasteiger partial charge in [-0.25, -0.2) is 9.38 Å². The standard InChI is InChI=1S/C22H30FN5O2/c1-27(2)21(29)15-25-22(24-12-11-18-8-6-14-30-18)26-17-7-5-13-28(16-17)20-10-4-3-9-19(20)23/h3-4,6,8-10,14,17H,5,7,11-13,15-16H2,1-2H3,(H2,24,25,26). The van der Waals surface area contributed by atoms with E-state index in [1.54, 1.807) is 26.4 Å². The normalized spacial score (nSPS) is 17.0. The number of aliphatic imine (C=N–C) groups is 1. The Hall–Kier alpha value is -3.03. The molecule has 0 spiro atoms. The van der Waals surface area contributed by atoms with Gasteiger partial charge >= 0.3 is 0 Å². The van der Waals surface area contributed by atoms with E-state index >= 15 is 0 Å². The maximum absolute atomic E-state index is 14.2. The predicted molar refractivity (Wildman–Crippen MR) is 116 cm³/mol. The molecule has 162 valence electrons. The number of hydrogen-bond donors (Lipinski definition) is 2. The highest BCUT2D eigenvalue weighted by molar-refractivity contribution is 5.85. The van der Waals surface area contributed by atoms with Gasteiger partial charge in [-0.3, -0.25) is 4.79 Å². The first kappa shape index (κ1) is 21.7. The molecule has 2 N–H and O–H groups in total. The molecule has 0 radical (unpaired) electrons. The van der Waals surface area contributed by atoms with Crippen LogP contribution < -0.4 is 15.5 Å². The predicted octanol–water partition coefficient (Wildman–Crippen LogP) is 2.25. The van der Waals surface area contributed by atoms with Crippen molar-refractivity contribution >= 4 is 17.6 Å². The first-order valence-electron chi connectivity index (χ1n) is 10.3. The summed E-state index contributed by atoms with van der Waals surface area (Å²) in [6, 6.07) is 10.7. The third-order valence-electron chi connectivity index (χ3n) is 5.07. The molecular weight excluding hydrogens is 385 g/mol. The van der Waals surface area contributed by atoms with E-state index < -0.39 is 0 Å². The Morgan fingerprint density at radius 3 is 2.87 bits per heavy atom. The summed E-state index contributed by atoms with van der Waals surface area (Å²) in [5, 5.41) is 6.70. The summed E-state index contributed by atoms with van der Waals surface area (Å²) in [5.74, 6) is 1.19. The summed E-state index contributed by atoms with van der Waals surface area (Å²) in [4.78, 5) is 20.0. The molecule has 1 amide bonds. The average molecular weight is 416 g/mol. The molecule has 1 unspecified atom stereocenters. The lowest BCUT2D eigenvalue weighted by Gasteiger charge is -2.35. The van der Waals surface area contributed by atoms with Crippen LogP contribution in [-0.2, 0) is 11.2 Å². The van der Waals surface area contributed by atoms with Gasteiger partial charge in [-0.05, 0) is 37.1 Å². The van der Waals surface area contributed by atoms with Gasteiger partial charge < -0.3 is 24.9 Å². The zero-order valence-electron chi connectivity index (χ0n) is 17.6. The van der Waals surface area contributed by atoms with Gasteiger partial charge in [0.05, 0.1) is 12.0 Å². The third kappa shape index (κ3) is 6.23. The Bertz CT molecular complexity index is 838. The van der Waals surface area contributed by atoms with E-state index in [0.29, 0.717) is 31.2 Å². The minimum atomic E-state index is -0.208. The molecule has 3 rings (SSSR count). The van der Waals surface area contributed by atoms with Crippen LogP contribution in [0.1, 0.15) is 18.6 Å². The van der Waals surface area contributed by atoms with E-state index in [0.717, 1.165) is 25.1 Å². The zero-order valence-corrected chi connectivity index (χ0v) is 17.6. The van der Waals surface area contributed by atoms with Gasteiger partial charge in [0.15, 0.2) is 5.96 Å². The molecule has 1 fully saturated rings. The van der Waals surface area contributed by atoms with Crippen LogP contribution in [0.25, 0.3) is 0 Å². The van der Waals surface area contributed by atoms with E-state index in [-0.39, 0.29) is 24.3 Å². The number of carbonyl (C=O) groups excluding carboxylic acids is 1. The molecule has 30 heavy (non-hydrogen) atoms. The lowest BCUT2D eigenvalue weighted by atomic mass is 10.0. The van der Waals surface area contributed by atoms with Gasteiger partial charge in [0, 0.05) is 46.2 Å². The molecule has 0 saturated carbocycles. The lowest BCUT2D eigenvalue weighted by molar-refractivity contribution is -0.127. The fraction of sp³-hybridized carbons (Fsp3) is 0.455. The summed E-state index contributed by atoms with van der Waals surface area (Å²) in [7, 11) is 3.42. The van der Waals surface area contributed by atoms with E-state index in [2.05, 4.69) is 20.5 Å². The molecule has 2 aromatic rings. The first-order valence-corrected chi connectivity index (χ1v) is 10.3. The first-order chi connectivity index (χ1) is 14.5. The molecule has 7 nitrogen and oxygen atoms in total. The van der Waals surface area contributed by atoms with Crippen LogP contribution in [0.3, 0.4) is 0 Å². The summed E-state index contributed by atoms with van der Waals surface area (Å²) in [5.41, 5.74) is 0.621. The number of furan rings is 1. The molecule has 0 aliphatic carbocycles. The van der Waals surface area contributed by atoms with Crippen LogP contribution in [-0.4, -0.2) is 63.1 Å². The number of guanidine groups is 1. The summed E-state index contributed by atoms with van der Waals surface area (Å²) in [6.07, 6.45) is 4.26. The highest BCUT2D eigenvalue weighted by Gasteiger charge is 2.22. The molecule has 1 aliphatic rings. The van der Waals surface area contributed by atoms with Crippen LogP contribution in [0, 0.1) is 5.82 Å². The van der Waals surface area contributed by atoms with E-state index in [1.807, 2.05) is 24.3 Å². The summed E-state index contributed by atoms with van der Waals surface area (Å²) >= 11 is 0. The second-order valence-corrected chi connectivity index (χ2v) is 7.59. The van der Waals surface area contributed by atoms with Crippen LogP contribution in [0.5, 0.6) is 0 Å². The number of anilines is 1. The van der Waals surface area contributed by atoms with Crippen LogP contribution in [0.4, 0.5) is 10.1 Å². The number of likely N-dealkylation sites (N-methyl/N-ethyl adjacent to an activating group) is 1. The number of nitrogens with zero attached hydrogens (tertiary/aromatic N) is 3. The fourth-order valence-corrected chi connectivity index (χ4v) is 3.41. The Balaban J connectivity index is 1.62. The number of hydrogen-bond acceptors (Lipinski definition) is 4. The van der Waals surface area contributed by atoms with Crippen molar-refractivity contribution in [3.63, 3.8) is 0 Å². The molecule has 8 heteroatoms. The van der Waals surface area contributed by atoms with Crippen molar-refractivity contribution < 1.29 is 13.6 Å². The fourth-order valence-electron chi connectivity index (χ4n) is 3.41. The van der Waals surface area contributed by atoms with Crippen molar-refractivity contribution in [2.24, 2.45) is 4.99 Å². The maximum Gasteiger partial charge on any atom is 0.243 e. The highest BCUT2D eigenvalue weighted by atomic mass is 19.1. The van der Waals surface area contributed by atoms with Crippen molar-refractivity contribution in [3.8, 4) is 0 Å². The molecule has 2 heterocycles. The Labute approximate surface area is 176 Å². The second-order valence-electron chi connectivity index (χ2n) is 7.59. The Kier molecular flexibility index (Phi) is 7.70. The number of piperidine rings is 1. The van der Waals surface area contributed by atoms with Crippen molar-refractivity contribution in [2.75, 3.05) is 45.2 Å². The van der Waals surface area contributed by atoms with Gasteiger partial charge in [-0.2, -0.15) is 0 Å². The van der Waals surface area contributed by atoms with Gasteiger partial charge in [0.25, 0.3) is 0 Å². The quantitative estimate of drug-likeness (QED) is 0.536. The van der Waals surface area contributed by atoms with Gasteiger partial charge in [-0.1, -0.05) is 12.1 Å². The Morgan fingerprint density at radius 2 is 2.13 bits per heavy atom. The largest absolute Gasteiger partial charge is 0.469 e. The minimum absolute atomic E-state index is 0.0623. The van der Waals surface area contributed by atoms with Crippen LogP contribution in [0.2, 0.25) is 0 Å². The Morgan fingerprint density at radius 1 is 1.30 bits per heavy atom. The molecule has 1 aliphatic heterocycles. The van der Waals surface area contributed by atoms with Gasteiger partial charge in [-0.15, -0.1) is 0 Å². The van der Waals surface area contributed by atoms with Gasteiger partial charge in [0.2, 0.25) is 5.91 Å². The average Bonchev–Trinajstić information content (AvgIpc) is 3.25. The lowest BCUT2D eigenvalue weighted by Crippen LogP contribution is -2.52. The minimum Gasteiger partial charge on any atom is -0.469 e. The molecule has 1 saturated heterocycles. The number of para-hydroxylation sites is 1. The van der Waals surface area contributed by atoms with Gasteiger partial charge in [0.1, 0.15) is 18.1 Å². The zero-order chi connectivity index (χ0) is 21.3. The molecule has 1 aromatic heterocycles. The van der Waals surface area contributed by atoms with Crippen molar-refractivity contribution in [3.05, 3.63) is 54.2 Å². The van der Waals surface area contributed by atoms with E-state index in [1.165, 1.54) is 11.0 Å². The van der Waals surface area contributed by atoms with Crippen molar-refractivity contribution in [1.29, 1.82) is 0 Å². The topological polar surface area (TPSA) is 73.1 Å². The number of benzene rings is 1.